The van der Waals surface area contributed by atoms with Gasteiger partial charge in [-0.2, -0.15) is 8.78 Å². The molecular weight excluding hydrogens is 322 g/mol. The van der Waals surface area contributed by atoms with Gasteiger partial charge in [-0.05, 0) is 17.3 Å². The quantitative estimate of drug-likeness (QED) is 0.787. The molecule has 1 aliphatic heterocycles. The minimum Gasteiger partial charge on any atom is -0.480 e. The Labute approximate surface area is 139 Å². The molecule has 1 saturated heterocycles. The predicted molar refractivity (Wildman–Crippen MR) is 81.3 cm³/mol. The Morgan fingerprint density at radius 2 is 1.83 bits per heavy atom. The molecule has 0 unspecified atom stereocenters. The summed E-state index contributed by atoms with van der Waals surface area (Å²) in [4.78, 5) is 37.1. The topological polar surface area (TPSA) is 86.7 Å². The molecule has 136 valence electrons. The molecule has 0 spiro atoms. The normalized spacial score (nSPS) is 29.2. The highest BCUT2D eigenvalue weighted by Crippen LogP contribution is 2.64. The largest absolute Gasteiger partial charge is 0.480 e. The van der Waals surface area contributed by atoms with E-state index in [1.165, 1.54) is 4.90 Å². The van der Waals surface area contributed by atoms with Gasteiger partial charge in [-0.15, -0.1) is 0 Å². The number of carbonyl (C=O) groups excluding carboxylic acids is 2. The van der Waals surface area contributed by atoms with Crippen LogP contribution in [0.1, 0.15) is 34.6 Å². The molecule has 0 radical (unpaired) electrons. The van der Waals surface area contributed by atoms with Crippen LogP contribution in [0.2, 0.25) is 0 Å². The van der Waals surface area contributed by atoms with Crippen LogP contribution in [0.15, 0.2) is 0 Å². The summed E-state index contributed by atoms with van der Waals surface area (Å²) in [5, 5.41) is 11.6. The molecule has 1 aliphatic carbocycles. The van der Waals surface area contributed by atoms with Crippen molar-refractivity contribution >= 4 is 17.8 Å². The van der Waals surface area contributed by atoms with Crippen molar-refractivity contribution in [2.24, 2.45) is 23.2 Å². The first-order chi connectivity index (χ1) is 10.8. The highest BCUT2D eigenvalue weighted by molar-refractivity contribution is 5.93. The molecule has 0 aromatic rings. The van der Waals surface area contributed by atoms with Crippen LogP contribution in [0, 0.1) is 23.2 Å². The van der Waals surface area contributed by atoms with Gasteiger partial charge in [0.1, 0.15) is 12.1 Å². The van der Waals surface area contributed by atoms with E-state index in [-0.39, 0.29) is 23.8 Å². The number of amides is 2. The fraction of sp³-hybridized carbons (Fsp3) is 0.812. The molecule has 8 heteroatoms. The number of halogens is 2. The molecule has 2 amide bonds. The first-order valence-electron chi connectivity index (χ1n) is 8.02. The molecule has 2 aliphatic rings. The van der Waals surface area contributed by atoms with Crippen molar-refractivity contribution in [3.05, 3.63) is 0 Å². The fourth-order valence-electron chi connectivity index (χ4n) is 3.76. The van der Waals surface area contributed by atoms with Crippen LogP contribution in [0.3, 0.4) is 0 Å². The van der Waals surface area contributed by atoms with Gasteiger partial charge in [-0.1, -0.05) is 27.7 Å². The molecule has 0 aromatic carbocycles. The molecule has 6 nitrogen and oxygen atoms in total. The third kappa shape index (κ3) is 2.98. The molecule has 2 N–H and O–H groups in total. The third-order valence-electron chi connectivity index (χ3n) is 5.36. The van der Waals surface area contributed by atoms with E-state index in [1.54, 1.807) is 13.8 Å². The van der Waals surface area contributed by atoms with Gasteiger partial charge in [0.15, 0.2) is 0 Å². The number of rotatable bonds is 5. The van der Waals surface area contributed by atoms with Crippen LogP contribution < -0.4 is 5.32 Å². The van der Waals surface area contributed by atoms with Gasteiger partial charge in [-0.3, -0.25) is 9.59 Å². The van der Waals surface area contributed by atoms with Crippen LogP contribution in [0.25, 0.3) is 0 Å². The zero-order valence-corrected chi connectivity index (χ0v) is 14.5. The zero-order chi connectivity index (χ0) is 18.6. The van der Waals surface area contributed by atoms with Gasteiger partial charge in [0, 0.05) is 19.4 Å². The lowest BCUT2D eigenvalue weighted by molar-refractivity contribution is -0.154. The van der Waals surface area contributed by atoms with E-state index in [1.807, 2.05) is 13.8 Å². The summed E-state index contributed by atoms with van der Waals surface area (Å²) >= 11 is 0. The predicted octanol–water partition coefficient (Wildman–Crippen LogP) is 1.35. The van der Waals surface area contributed by atoms with Crippen molar-refractivity contribution in [1.29, 1.82) is 0 Å². The number of hydrogen-bond acceptors (Lipinski definition) is 3. The maximum Gasteiger partial charge on any atom is 0.326 e. The third-order valence-corrected chi connectivity index (χ3v) is 5.36. The maximum atomic E-state index is 13.1. The number of carboxylic acids is 1. The first-order valence-corrected chi connectivity index (χ1v) is 8.02. The Bertz CT molecular complexity index is 571. The van der Waals surface area contributed by atoms with Crippen molar-refractivity contribution in [2.75, 3.05) is 6.54 Å². The number of alkyl halides is 2. The Hall–Kier alpha value is -1.73. The number of aliphatic carboxylic acids is 1. The summed E-state index contributed by atoms with van der Waals surface area (Å²) in [7, 11) is 0. The molecule has 0 bridgehead atoms. The fourth-order valence-corrected chi connectivity index (χ4v) is 3.76. The van der Waals surface area contributed by atoms with Crippen LogP contribution >= 0.6 is 0 Å². The lowest BCUT2D eigenvalue weighted by Gasteiger charge is -2.33. The average Bonchev–Trinajstić information content (AvgIpc) is 2.82. The van der Waals surface area contributed by atoms with Crippen LogP contribution in [-0.2, 0) is 14.4 Å². The van der Waals surface area contributed by atoms with Gasteiger partial charge in [-0.25, -0.2) is 4.79 Å². The Balaban J connectivity index is 2.19. The molecule has 2 fully saturated rings. The molecule has 0 aromatic heterocycles. The number of carbonyl (C=O) groups is 3. The number of nitrogens with one attached hydrogen (secondary N) is 1. The summed E-state index contributed by atoms with van der Waals surface area (Å²) in [5.41, 5.74) is -0.146. The number of likely N-dealkylation sites (tertiary alicyclic amines) is 1. The SMILES string of the molecule is CC(C)[C@H](NC(=O)C(C)(F)F)C(=O)N1C[C@H]2[C@@H]([C@H]1C(=O)O)C2(C)C. The Morgan fingerprint density at radius 1 is 1.29 bits per heavy atom. The monoisotopic (exact) mass is 346 g/mol. The lowest BCUT2D eigenvalue weighted by Crippen LogP contribution is -2.57. The van der Waals surface area contributed by atoms with Gasteiger partial charge >= 0.3 is 11.9 Å². The minimum atomic E-state index is -3.60. The van der Waals surface area contributed by atoms with Gasteiger partial charge in [0.2, 0.25) is 5.91 Å². The van der Waals surface area contributed by atoms with Gasteiger partial charge in [0.05, 0.1) is 0 Å². The number of fused-ring (bicyclic) bond motifs is 1. The van der Waals surface area contributed by atoms with Gasteiger partial charge in [0.25, 0.3) is 5.91 Å². The van der Waals surface area contributed by atoms with Crippen LogP contribution in [0.5, 0.6) is 0 Å². The van der Waals surface area contributed by atoms with Crippen molar-refractivity contribution in [3.63, 3.8) is 0 Å². The van der Waals surface area contributed by atoms with Crippen molar-refractivity contribution in [1.82, 2.24) is 10.2 Å². The zero-order valence-electron chi connectivity index (χ0n) is 14.5. The smallest absolute Gasteiger partial charge is 0.326 e. The second-order valence-electron chi connectivity index (χ2n) is 7.81. The summed E-state index contributed by atoms with van der Waals surface area (Å²) in [5.74, 6) is -7.36. The molecular formula is C16H24F2N2O4. The number of hydrogen-bond donors (Lipinski definition) is 2. The van der Waals surface area contributed by atoms with E-state index in [4.69, 9.17) is 0 Å². The summed E-state index contributed by atoms with van der Waals surface area (Å²) in [6.07, 6.45) is 0. The molecule has 4 atom stereocenters. The van der Waals surface area contributed by atoms with Crippen molar-refractivity contribution in [2.45, 2.75) is 52.6 Å². The highest BCUT2D eigenvalue weighted by Gasteiger charge is 2.69. The van der Waals surface area contributed by atoms with E-state index in [0.29, 0.717) is 6.92 Å². The van der Waals surface area contributed by atoms with E-state index in [9.17, 15) is 28.3 Å². The lowest BCUT2D eigenvalue weighted by atomic mass is 9.97. The van der Waals surface area contributed by atoms with Crippen molar-refractivity contribution in [3.8, 4) is 0 Å². The molecule has 1 heterocycles. The minimum absolute atomic E-state index is 0.0821. The molecule has 1 saturated carbocycles. The Kier molecular flexibility index (Phi) is 4.39. The first kappa shape index (κ1) is 18.6. The standard InChI is InChI=1S/C16H24F2N2O4/c1-7(2)10(19-14(24)16(5,17)18)12(21)20-6-8-9(15(8,3)4)11(20)13(22)23/h7-11H,6H2,1-5H3,(H,19,24)(H,22,23)/t8-,9-,10-,11-/m0/s1. The maximum absolute atomic E-state index is 13.1. The average molecular weight is 346 g/mol. The number of carboxylic acid groups (broad SMARTS) is 1. The number of nitrogens with zero attached hydrogens (tertiary/aromatic N) is 1. The Morgan fingerprint density at radius 3 is 2.25 bits per heavy atom. The van der Waals surface area contributed by atoms with Crippen LogP contribution in [-0.4, -0.2) is 52.3 Å². The summed E-state index contributed by atoms with van der Waals surface area (Å²) < 4.78 is 26.2. The number of piperidine rings is 1. The van der Waals surface area contributed by atoms with E-state index in [2.05, 4.69) is 5.32 Å². The second kappa shape index (κ2) is 5.67. The highest BCUT2D eigenvalue weighted by atomic mass is 19.3. The van der Waals surface area contributed by atoms with E-state index < -0.39 is 41.7 Å². The summed E-state index contributed by atoms with van der Waals surface area (Å²) in [6, 6.07) is -2.15. The van der Waals surface area contributed by atoms with Crippen molar-refractivity contribution < 1.29 is 28.3 Å². The molecule has 2 rings (SSSR count). The van der Waals surface area contributed by atoms with E-state index in [0.717, 1.165) is 0 Å². The van der Waals surface area contributed by atoms with Crippen LogP contribution in [0.4, 0.5) is 8.78 Å². The molecule has 24 heavy (non-hydrogen) atoms. The van der Waals surface area contributed by atoms with E-state index >= 15 is 0 Å². The summed E-state index contributed by atoms with van der Waals surface area (Å²) in [6.45, 7) is 7.88. The van der Waals surface area contributed by atoms with Gasteiger partial charge < -0.3 is 15.3 Å². The second-order valence-corrected chi connectivity index (χ2v) is 7.81.